The number of ether oxygens (including phenoxy) is 2. The number of quaternary nitrogens is 1. The first-order valence-corrected chi connectivity index (χ1v) is 23.5. The summed E-state index contributed by atoms with van der Waals surface area (Å²) in [7, 11) is 1.10. The Labute approximate surface area is 348 Å². The Kier molecular flexibility index (Phi) is 36.4. The van der Waals surface area contributed by atoms with Crippen LogP contribution in [0.3, 0.4) is 0 Å². The fraction of sp³-hybridized carbons (Fsp3) is 0.739. The van der Waals surface area contributed by atoms with E-state index < -0.39 is 32.5 Å². The van der Waals surface area contributed by atoms with Crippen molar-refractivity contribution in [3.63, 3.8) is 0 Å². The Morgan fingerprint density at radius 3 is 1.74 bits per heavy atom. The van der Waals surface area contributed by atoms with Gasteiger partial charge in [-0.05, 0) is 77.0 Å². The molecule has 0 aliphatic carbocycles. The van der Waals surface area contributed by atoms with E-state index in [-0.39, 0.29) is 32.2 Å². The molecule has 330 valence electrons. The van der Waals surface area contributed by atoms with Crippen LogP contribution >= 0.6 is 7.82 Å². The lowest BCUT2D eigenvalue weighted by Crippen LogP contribution is -2.37. The van der Waals surface area contributed by atoms with Crippen LogP contribution in [0.15, 0.2) is 60.8 Å². The molecule has 57 heavy (non-hydrogen) atoms. The Morgan fingerprint density at radius 2 is 1.14 bits per heavy atom. The van der Waals surface area contributed by atoms with E-state index in [1.165, 1.54) is 51.4 Å². The van der Waals surface area contributed by atoms with E-state index in [2.05, 4.69) is 62.5 Å². The zero-order valence-electron chi connectivity index (χ0n) is 36.6. The Balaban J connectivity index is 4.48. The van der Waals surface area contributed by atoms with Crippen molar-refractivity contribution in [2.45, 2.75) is 174 Å². The van der Waals surface area contributed by atoms with Crippen molar-refractivity contribution in [1.29, 1.82) is 0 Å². The number of aliphatic hydroxyl groups is 1. The lowest BCUT2D eigenvalue weighted by Gasteiger charge is -2.28. The minimum Gasteiger partial charge on any atom is -0.756 e. The van der Waals surface area contributed by atoms with E-state index in [1.807, 2.05) is 33.3 Å². The van der Waals surface area contributed by atoms with Crippen molar-refractivity contribution in [3.05, 3.63) is 60.8 Å². The number of unbranched alkanes of at least 4 members (excludes halogenated alkanes) is 12. The van der Waals surface area contributed by atoms with E-state index >= 15 is 0 Å². The molecule has 0 saturated heterocycles. The van der Waals surface area contributed by atoms with Crippen molar-refractivity contribution in [3.8, 4) is 0 Å². The predicted molar refractivity (Wildman–Crippen MR) is 232 cm³/mol. The summed E-state index contributed by atoms with van der Waals surface area (Å²) < 4.78 is 33.8. The van der Waals surface area contributed by atoms with Gasteiger partial charge in [0.15, 0.2) is 6.10 Å². The van der Waals surface area contributed by atoms with Gasteiger partial charge in [-0.15, -0.1) is 0 Å². The number of phosphoric acid groups is 1. The highest BCUT2D eigenvalue weighted by molar-refractivity contribution is 7.45. The van der Waals surface area contributed by atoms with Crippen molar-refractivity contribution < 1.29 is 47.2 Å². The lowest BCUT2D eigenvalue weighted by molar-refractivity contribution is -0.870. The first kappa shape index (κ1) is 54.7. The normalized spacial score (nSPS) is 14.7. The van der Waals surface area contributed by atoms with Gasteiger partial charge in [-0.1, -0.05) is 132 Å². The molecular formula is C46H82NO9P. The molecule has 11 heteroatoms. The lowest BCUT2D eigenvalue weighted by atomic mass is 10.1. The van der Waals surface area contributed by atoms with Gasteiger partial charge in [-0.2, -0.15) is 0 Å². The predicted octanol–water partition coefficient (Wildman–Crippen LogP) is 10.8. The van der Waals surface area contributed by atoms with E-state index in [0.29, 0.717) is 36.7 Å². The minimum absolute atomic E-state index is 0.0487. The second kappa shape index (κ2) is 37.9. The zero-order chi connectivity index (χ0) is 42.3. The highest BCUT2D eigenvalue weighted by Gasteiger charge is 2.21. The van der Waals surface area contributed by atoms with Crippen molar-refractivity contribution >= 4 is 19.8 Å². The molecule has 0 aromatic rings. The molecule has 0 fully saturated rings. The first-order chi connectivity index (χ1) is 27.4. The molecule has 0 aliphatic heterocycles. The quantitative estimate of drug-likeness (QED) is 0.0212. The molecule has 0 aromatic carbocycles. The number of aliphatic hydroxyl groups excluding tert-OH is 1. The number of rotatable bonds is 39. The molecule has 0 spiro atoms. The monoisotopic (exact) mass is 824 g/mol. The van der Waals surface area contributed by atoms with Crippen molar-refractivity contribution in [2.24, 2.45) is 0 Å². The second-order valence-electron chi connectivity index (χ2n) is 15.9. The van der Waals surface area contributed by atoms with Crippen LogP contribution in [-0.2, 0) is 32.7 Å². The van der Waals surface area contributed by atoms with Crippen molar-refractivity contribution in [1.82, 2.24) is 0 Å². The van der Waals surface area contributed by atoms with E-state index in [9.17, 15) is 24.2 Å². The average molecular weight is 824 g/mol. The topological polar surface area (TPSA) is 131 Å². The third kappa shape index (κ3) is 41.6. The van der Waals surface area contributed by atoms with Crippen LogP contribution < -0.4 is 4.89 Å². The van der Waals surface area contributed by atoms with Crippen LogP contribution in [0.25, 0.3) is 0 Å². The molecule has 2 unspecified atom stereocenters. The summed E-state index contributed by atoms with van der Waals surface area (Å²) in [4.78, 5) is 37.5. The molecular weight excluding hydrogens is 741 g/mol. The molecule has 0 rings (SSSR count). The zero-order valence-corrected chi connectivity index (χ0v) is 37.5. The van der Waals surface area contributed by atoms with E-state index in [0.717, 1.165) is 57.8 Å². The number of esters is 2. The highest BCUT2D eigenvalue weighted by Crippen LogP contribution is 2.38. The minimum atomic E-state index is -4.65. The summed E-state index contributed by atoms with van der Waals surface area (Å²) in [6.07, 6.45) is 41.7. The number of allylic oxidation sites excluding steroid dienone is 9. The number of likely N-dealkylation sites (N-methyl/N-ethyl adjacent to an activating group) is 1. The SMILES string of the molecule is CCCCCC/C=C\CCCCCCCCCC(=O)O[C@H](COC(=O)CCC/C=C\C/C=C\C/C=C\C/C=C\CC(O)CCC)COP(=O)([O-])OCC[N+](C)(C)C. The van der Waals surface area contributed by atoms with Gasteiger partial charge in [0.25, 0.3) is 7.82 Å². The molecule has 0 saturated carbocycles. The smallest absolute Gasteiger partial charge is 0.306 e. The van der Waals surface area contributed by atoms with Crippen LogP contribution in [0.1, 0.15) is 162 Å². The molecule has 10 nitrogen and oxygen atoms in total. The van der Waals surface area contributed by atoms with Gasteiger partial charge < -0.3 is 33.0 Å². The summed E-state index contributed by atoms with van der Waals surface area (Å²) >= 11 is 0. The summed E-state index contributed by atoms with van der Waals surface area (Å²) in [5, 5.41) is 9.73. The molecule has 3 atom stereocenters. The standard InChI is InChI=1S/C46H82NO9P/c1-6-8-9-10-11-12-13-14-15-18-22-25-28-31-34-38-46(50)56-44(42-55-57(51,52)54-40-39-47(3,4)5)41-53-45(49)37-33-30-27-24-21-19-16-17-20-23-26-29-32-36-43(48)35-7-2/h12-13,16,19-20,23-24,27,29,32,43-44,48H,6-11,14-15,17-18,21-22,25-26,28,30-31,33-42H2,1-5H3/b13-12-,19-16-,23-20-,27-24-,32-29-/t43?,44-/m1/s1. The summed E-state index contributed by atoms with van der Waals surface area (Å²) in [5.74, 6) is -0.930. The number of hydrogen-bond donors (Lipinski definition) is 1. The maximum Gasteiger partial charge on any atom is 0.306 e. The van der Waals surface area contributed by atoms with Gasteiger partial charge in [0.05, 0.1) is 33.9 Å². The maximum atomic E-state index is 12.7. The average Bonchev–Trinajstić information content (AvgIpc) is 3.15. The van der Waals surface area contributed by atoms with Gasteiger partial charge in [-0.25, -0.2) is 0 Å². The largest absolute Gasteiger partial charge is 0.756 e. The number of phosphoric ester groups is 1. The summed E-state index contributed by atoms with van der Waals surface area (Å²) in [5.41, 5.74) is 0. The fourth-order valence-corrected chi connectivity index (χ4v) is 6.33. The van der Waals surface area contributed by atoms with Crippen molar-refractivity contribution in [2.75, 3.05) is 47.5 Å². The van der Waals surface area contributed by atoms with Gasteiger partial charge in [0.2, 0.25) is 0 Å². The first-order valence-electron chi connectivity index (χ1n) is 22.1. The highest BCUT2D eigenvalue weighted by atomic mass is 31.2. The van der Waals surface area contributed by atoms with Crippen LogP contribution in [0, 0.1) is 0 Å². The molecule has 0 aliphatic rings. The second-order valence-corrected chi connectivity index (χ2v) is 17.3. The van der Waals surface area contributed by atoms with Crippen LogP contribution in [0.4, 0.5) is 0 Å². The van der Waals surface area contributed by atoms with Crippen LogP contribution in [0.5, 0.6) is 0 Å². The number of carbonyl (C=O) groups is 2. The summed E-state index contributed by atoms with van der Waals surface area (Å²) in [6.45, 7) is 3.92. The Hall–Kier alpha value is -2.33. The van der Waals surface area contributed by atoms with Crippen LogP contribution in [0.2, 0.25) is 0 Å². The van der Waals surface area contributed by atoms with Gasteiger partial charge in [0, 0.05) is 12.8 Å². The van der Waals surface area contributed by atoms with Gasteiger partial charge in [-0.3, -0.25) is 14.2 Å². The Bertz CT molecular complexity index is 1170. The molecule has 0 bridgehead atoms. The number of hydrogen-bond acceptors (Lipinski definition) is 9. The third-order valence-corrected chi connectivity index (χ3v) is 10.0. The third-order valence-electron chi connectivity index (χ3n) is 9.07. The number of nitrogens with zero attached hydrogens (tertiary/aromatic N) is 1. The molecule has 0 radical (unpaired) electrons. The van der Waals surface area contributed by atoms with E-state index in [4.69, 9.17) is 18.5 Å². The number of carbonyl (C=O) groups excluding carboxylic acids is 2. The maximum absolute atomic E-state index is 12.7. The van der Waals surface area contributed by atoms with Gasteiger partial charge >= 0.3 is 11.9 Å². The Morgan fingerprint density at radius 1 is 0.632 bits per heavy atom. The van der Waals surface area contributed by atoms with Crippen LogP contribution in [-0.4, -0.2) is 81.2 Å². The molecule has 0 heterocycles. The van der Waals surface area contributed by atoms with Gasteiger partial charge in [0.1, 0.15) is 19.8 Å². The molecule has 0 amide bonds. The molecule has 1 N–H and O–H groups in total. The molecule has 0 aromatic heterocycles. The van der Waals surface area contributed by atoms with E-state index in [1.54, 1.807) is 0 Å². The summed E-state index contributed by atoms with van der Waals surface area (Å²) in [6, 6.07) is 0. The fourth-order valence-electron chi connectivity index (χ4n) is 5.60.